The van der Waals surface area contributed by atoms with Crippen molar-refractivity contribution in [1.82, 2.24) is 4.98 Å². The lowest BCUT2D eigenvalue weighted by atomic mass is 10.0. The molecule has 8 heteroatoms. The first-order valence-electron chi connectivity index (χ1n) is 10.6. The molecular formula is C25H22Cl2N4O2. The number of aromatic nitrogens is 1. The molecule has 0 fully saturated rings. The molecule has 0 saturated carbocycles. The number of halogens is 2. The summed E-state index contributed by atoms with van der Waals surface area (Å²) in [5.74, 6) is -0.434. The third-order valence-corrected chi connectivity index (χ3v) is 5.78. The SMILES string of the molecule is O=C(Nc1ccc(Cl)cc1C(=O)Nc1ccc(Cl)cn1)c1ccc(CCC2=NCCC2)cc1. The summed E-state index contributed by atoms with van der Waals surface area (Å²) in [6, 6.07) is 15.4. The molecule has 3 aromatic rings. The predicted molar refractivity (Wildman–Crippen MR) is 133 cm³/mol. The van der Waals surface area contributed by atoms with Crippen molar-refractivity contribution in [3.05, 3.63) is 87.5 Å². The molecule has 2 amide bonds. The van der Waals surface area contributed by atoms with E-state index in [0.717, 1.165) is 37.8 Å². The minimum Gasteiger partial charge on any atom is -0.321 e. The molecular weight excluding hydrogens is 459 g/mol. The Bertz CT molecular complexity index is 1190. The number of nitrogens with zero attached hydrogens (tertiary/aromatic N) is 2. The van der Waals surface area contributed by atoms with Crippen molar-refractivity contribution in [3.8, 4) is 0 Å². The van der Waals surface area contributed by atoms with Crippen LogP contribution in [0, 0.1) is 0 Å². The fourth-order valence-electron chi connectivity index (χ4n) is 3.56. The van der Waals surface area contributed by atoms with Crippen LogP contribution in [0.15, 0.2) is 65.8 Å². The number of hydrogen-bond donors (Lipinski definition) is 2. The zero-order chi connectivity index (χ0) is 23.2. The number of benzene rings is 2. The van der Waals surface area contributed by atoms with Crippen LogP contribution in [-0.4, -0.2) is 29.1 Å². The first-order chi connectivity index (χ1) is 16.0. The van der Waals surface area contributed by atoms with Crippen LogP contribution in [0.2, 0.25) is 10.0 Å². The lowest BCUT2D eigenvalue weighted by Gasteiger charge is -2.12. The van der Waals surface area contributed by atoms with Crippen molar-refractivity contribution in [2.24, 2.45) is 4.99 Å². The standard InChI is InChI=1S/C25H22Cl2N4O2/c26-18-8-11-22(21(14-18)25(33)31-23-12-9-19(27)15-29-23)30-24(32)17-6-3-16(4-7-17)5-10-20-2-1-13-28-20/h3-4,6-9,11-12,14-15H,1-2,5,10,13H2,(H,30,32)(H,29,31,33). The quantitative estimate of drug-likeness (QED) is 0.430. The van der Waals surface area contributed by atoms with Crippen molar-refractivity contribution < 1.29 is 9.59 Å². The first-order valence-corrected chi connectivity index (χ1v) is 11.4. The van der Waals surface area contributed by atoms with E-state index >= 15 is 0 Å². The number of nitrogens with one attached hydrogen (secondary N) is 2. The molecule has 0 bridgehead atoms. The van der Waals surface area contributed by atoms with Crippen LogP contribution in [0.5, 0.6) is 0 Å². The van der Waals surface area contributed by atoms with Crippen molar-refractivity contribution in [2.75, 3.05) is 17.2 Å². The van der Waals surface area contributed by atoms with Crippen LogP contribution in [0.1, 0.15) is 45.5 Å². The molecule has 0 atom stereocenters. The van der Waals surface area contributed by atoms with Gasteiger partial charge in [0.25, 0.3) is 11.8 Å². The summed E-state index contributed by atoms with van der Waals surface area (Å²) < 4.78 is 0. The highest BCUT2D eigenvalue weighted by Crippen LogP contribution is 2.23. The van der Waals surface area contributed by atoms with Crippen molar-refractivity contribution >= 4 is 52.2 Å². The zero-order valence-electron chi connectivity index (χ0n) is 17.8. The van der Waals surface area contributed by atoms with E-state index in [1.807, 2.05) is 12.1 Å². The zero-order valence-corrected chi connectivity index (χ0v) is 19.3. The monoisotopic (exact) mass is 480 g/mol. The van der Waals surface area contributed by atoms with Gasteiger partial charge in [-0.1, -0.05) is 35.3 Å². The fraction of sp³-hybridized carbons (Fsp3) is 0.200. The Kier molecular flexibility index (Phi) is 7.37. The Morgan fingerprint density at radius 3 is 2.36 bits per heavy atom. The maximum atomic E-state index is 12.8. The molecule has 2 aromatic carbocycles. The Hall–Kier alpha value is -3.22. The summed E-state index contributed by atoms with van der Waals surface area (Å²) in [4.78, 5) is 34.2. The summed E-state index contributed by atoms with van der Waals surface area (Å²) in [6.07, 6.45) is 5.53. The molecule has 0 saturated heterocycles. The lowest BCUT2D eigenvalue weighted by Crippen LogP contribution is -2.18. The lowest BCUT2D eigenvalue weighted by molar-refractivity contribution is 0.102. The highest BCUT2D eigenvalue weighted by molar-refractivity contribution is 6.31. The van der Waals surface area contributed by atoms with E-state index in [1.54, 1.807) is 36.4 Å². The van der Waals surface area contributed by atoms with Gasteiger partial charge in [-0.25, -0.2) is 4.98 Å². The van der Waals surface area contributed by atoms with Gasteiger partial charge in [0, 0.05) is 29.0 Å². The number of aliphatic imine (C=N–C) groups is 1. The van der Waals surface area contributed by atoms with Crippen LogP contribution in [-0.2, 0) is 6.42 Å². The average Bonchev–Trinajstić information content (AvgIpc) is 3.34. The summed E-state index contributed by atoms with van der Waals surface area (Å²) in [6.45, 7) is 0.940. The molecule has 0 aliphatic carbocycles. The molecule has 0 unspecified atom stereocenters. The van der Waals surface area contributed by atoms with Crippen LogP contribution in [0.25, 0.3) is 0 Å². The van der Waals surface area contributed by atoms with Crippen LogP contribution in [0.3, 0.4) is 0 Å². The second kappa shape index (κ2) is 10.6. The molecule has 6 nitrogen and oxygen atoms in total. The van der Waals surface area contributed by atoms with E-state index in [0.29, 0.717) is 27.1 Å². The number of amides is 2. The molecule has 33 heavy (non-hydrogen) atoms. The summed E-state index contributed by atoms with van der Waals surface area (Å²) in [5, 5.41) is 6.32. The van der Waals surface area contributed by atoms with E-state index in [9.17, 15) is 9.59 Å². The topological polar surface area (TPSA) is 83.5 Å². The molecule has 0 radical (unpaired) electrons. The molecule has 1 aromatic heterocycles. The van der Waals surface area contributed by atoms with Crippen LogP contribution in [0.4, 0.5) is 11.5 Å². The highest BCUT2D eigenvalue weighted by Gasteiger charge is 2.16. The van der Waals surface area contributed by atoms with Crippen LogP contribution < -0.4 is 10.6 Å². The van der Waals surface area contributed by atoms with Gasteiger partial charge in [0.1, 0.15) is 5.82 Å². The molecule has 0 spiro atoms. The smallest absolute Gasteiger partial charge is 0.258 e. The molecule has 168 valence electrons. The number of aryl methyl sites for hydroxylation is 1. The summed E-state index contributed by atoms with van der Waals surface area (Å²) >= 11 is 11.9. The van der Waals surface area contributed by atoms with Gasteiger partial charge < -0.3 is 10.6 Å². The number of rotatable bonds is 7. The van der Waals surface area contributed by atoms with Gasteiger partial charge in [-0.05, 0) is 73.7 Å². The Balaban J connectivity index is 1.44. The average molecular weight is 481 g/mol. The van der Waals surface area contributed by atoms with Crippen molar-refractivity contribution in [2.45, 2.75) is 25.7 Å². The third kappa shape index (κ3) is 6.18. The van der Waals surface area contributed by atoms with Gasteiger partial charge in [-0.3, -0.25) is 14.6 Å². The van der Waals surface area contributed by atoms with Crippen molar-refractivity contribution in [3.63, 3.8) is 0 Å². The Morgan fingerprint density at radius 1 is 0.879 bits per heavy atom. The van der Waals surface area contributed by atoms with E-state index in [2.05, 4.69) is 20.6 Å². The van der Waals surface area contributed by atoms with E-state index < -0.39 is 5.91 Å². The first kappa shape index (κ1) is 23.0. The molecule has 1 aliphatic rings. The number of carbonyl (C=O) groups excluding carboxylic acids is 2. The van der Waals surface area contributed by atoms with E-state index in [-0.39, 0.29) is 11.5 Å². The molecule has 4 rings (SSSR count). The summed E-state index contributed by atoms with van der Waals surface area (Å²) in [7, 11) is 0. The second-order valence-corrected chi connectivity index (χ2v) is 8.58. The maximum Gasteiger partial charge on any atom is 0.258 e. The van der Waals surface area contributed by atoms with Gasteiger partial charge in [-0.2, -0.15) is 0 Å². The minimum absolute atomic E-state index is 0.224. The molecule has 2 N–H and O–H groups in total. The van der Waals surface area contributed by atoms with E-state index in [4.69, 9.17) is 23.2 Å². The predicted octanol–water partition coefficient (Wildman–Crippen LogP) is 6.06. The Labute approximate surface area is 202 Å². The number of anilines is 2. The maximum absolute atomic E-state index is 12.8. The van der Waals surface area contributed by atoms with Gasteiger partial charge in [0.15, 0.2) is 0 Å². The van der Waals surface area contributed by atoms with Gasteiger partial charge in [0.2, 0.25) is 0 Å². The number of carbonyl (C=O) groups is 2. The van der Waals surface area contributed by atoms with Gasteiger partial charge >= 0.3 is 0 Å². The fourth-order valence-corrected chi connectivity index (χ4v) is 3.84. The molecule has 2 heterocycles. The van der Waals surface area contributed by atoms with Crippen molar-refractivity contribution in [1.29, 1.82) is 0 Å². The second-order valence-electron chi connectivity index (χ2n) is 7.71. The van der Waals surface area contributed by atoms with E-state index in [1.165, 1.54) is 18.0 Å². The number of pyridine rings is 1. The normalized spacial score (nSPS) is 12.8. The summed E-state index contributed by atoms with van der Waals surface area (Å²) in [5.41, 5.74) is 3.50. The Morgan fingerprint density at radius 2 is 1.67 bits per heavy atom. The number of hydrogen-bond acceptors (Lipinski definition) is 4. The highest BCUT2D eigenvalue weighted by atomic mass is 35.5. The van der Waals surface area contributed by atoms with Gasteiger partial charge in [0.05, 0.1) is 16.3 Å². The van der Waals surface area contributed by atoms with Crippen LogP contribution >= 0.6 is 23.2 Å². The third-order valence-electron chi connectivity index (χ3n) is 5.32. The van der Waals surface area contributed by atoms with Gasteiger partial charge in [-0.15, -0.1) is 0 Å². The molecule has 1 aliphatic heterocycles. The largest absolute Gasteiger partial charge is 0.321 e. The minimum atomic E-state index is -0.451.